The van der Waals surface area contributed by atoms with Crippen LogP contribution in [0.5, 0.6) is 11.5 Å². The second kappa shape index (κ2) is 8.88. The number of hydrogen-bond donors (Lipinski definition) is 4. The Bertz CT molecular complexity index is 649. The van der Waals surface area contributed by atoms with E-state index in [4.69, 9.17) is 14.6 Å². The summed E-state index contributed by atoms with van der Waals surface area (Å²) in [6.07, 6.45) is 1.06. The Morgan fingerprint density at radius 2 is 1.92 bits per heavy atom. The van der Waals surface area contributed by atoms with Gasteiger partial charge in [-0.2, -0.15) is 0 Å². The lowest BCUT2D eigenvalue weighted by atomic mass is 10.2. The number of benzene rings is 1. The maximum atomic E-state index is 11.8. The van der Waals surface area contributed by atoms with Gasteiger partial charge < -0.3 is 19.9 Å². The van der Waals surface area contributed by atoms with Crippen LogP contribution in [0.15, 0.2) is 18.2 Å². The minimum absolute atomic E-state index is 0.272. The molecular weight excluding hydrogens is 330 g/mol. The van der Waals surface area contributed by atoms with Crippen LogP contribution in [0.25, 0.3) is 0 Å². The molecule has 0 radical (unpaired) electrons. The molecule has 9 heteroatoms. The normalized spacial score (nSPS) is 13.6. The van der Waals surface area contributed by atoms with Crippen molar-refractivity contribution in [3.63, 3.8) is 0 Å². The zero-order valence-corrected chi connectivity index (χ0v) is 13.8. The quantitative estimate of drug-likeness (QED) is 0.576. The summed E-state index contributed by atoms with van der Waals surface area (Å²) in [4.78, 5) is 34.6. The number of anilines is 1. The molecule has 4 N–H and O–H groups in total. The molecule has 1 atom stereocenters. The van der Waals surface area contributed by atoms with E-state index in [1.54, 1.807) is 18.2 Å². The molecule has 136 valence electrons. The molecule has 1 heterocycles. The molecule has 0 aliphatic carbocycles. The Hall–Kier alpha value is -2.81. The molecule has 3 amide bonds. The number of carbonyl (C=O) groups is 3. The predicted octanol–water partition coefficient (Wildman–Crippen LogP) is 0.949. The molecule has 9 nitrogen and oxygen atoms in total. The maximum absolute atomic E-state index is 11.8. The number of fused-ring (bicyclic) bond motifs is 1. The van der Waals surface area contributed by atoms with Gasteiger partial charge >= 0.3 is 12.0 Å². The van der Waals surface area contributed by atoms with Gasteiger partial charge in [-0.15, -0.1) is 0 Å². The van der Waals surface area contributed by atoms with Crippen molar-refractivity contribution in [1.82, 2.24) is 10.6 Å². The van der Waals surface area contributed by atoms with Gasteiger partial charge in [0.25, 0.3) is 0 Å². The molecule has 0 spiro atoms. The van der Waals surface area contributed by atoms with Crippen molar-refractivity contribution in [2.75, 3.05) is 25.1 Å². The second-order valence-electron chi connectivity index (χ2n) is 5.42. The van der Waals surface area contributed by atoms with Gasteiger partial charge in [-0.25, -0.2) is 4.79 Å². The Kier molecular flexibility index (Phi) is 6.58. The number of carbonyl (C=O) groups excluding carboxylic acids is 2. The lowest BCUT2D eigenvalue weighted by Gasteiger charge is -2.19. The van der Waals surface area contributed by atoms with E-state index in [1.165, 1.54) is 0 Å². The minimum atomic E-state index is -1.03. The molecule has 0 aromatic heterocycles. The molecule has 0 saturated heterocycles. The number of carboxylic acid groups (broad SMARTS) is 1. The van der Waals surface area contributed by atoms with Gasteiger partial charge in [0.05, 0.1) is 6.54 Å². The molecule has 1 aromatic rings. The van der Waals surface area contributed by atoms with E-state index < -0.39 is 23.9 Å². The fourth-order valence-corrected chi connectivity index (χ4v) is 2.27. The van der Waals surface area contributed by atoms with Crippen LogP contribution in [0, 0.1) is 0 Å². The number of carboxylic acids is 1. The van der Waals surface area contributed by atoms with Crippen molar-refractivity contribution in [3.05, 3.63) is 18.2 Å². The van der Waals surface area contributed by atoms with Crippen LogP contribution >= 0.6 is 0 Å². The summed E-state index contributed by atoms with van der Waals surface area (Å²) in [6.45, 7) is 2.47. The third-order valence-electron chi connectivity index (χ3n) is 3.44. The number of hydrogen-bond acceptors (Lipinski definition) is 6. The highest BCUT2D eigenvalue weighted by atomic mass is 16.6. The van der Waals surface area contributed by atoms with Crippen LogP contribution in [0.3, 0.4) is 0 Å². The van der Waals surface area contributed by atoms with E-state index in [0.29, 0.717) is 43.2 Å². The summed E-state index contributed by atoms with van der Waals surface area (Å²) in [5, 5.41) is 16.2. The molecule has 25 heavy (non-hydrogen) atoms. The summed E-state index contributed by atoms with van der Waals surface area (Å²) in [7, 11) is 0. The van der Waals surface area contributed by atoms with Gasteiger partial charge in [-0.05, 0) is 18.6 Å². The Labute approximate surface area is 144 Å². The Balaban J connectivity index is 1.81. The number of aliphatic carboxylic acids is 1. The summed E-state index contributed by atoms with van der Waals surface area (Å²) in [6, 6.07) is 3.34. The van der Waals surface area contributed by atoms with E-state index in [0.717, 1.165) is 0 Å². The fraction of sp³-hybridized carbons (Fsp3) is 0.438. The molecule has 2 rings (SSSR count). The van der Waals surface area contributed by atoms with E-state index in [9.17, 15) is 14.4 Å². The van der Waals surface area contributed by atoms with Crippen LogP contribution in [-0.2, 0) is 9.59 Å². The average Bonchev–Trinajstić information content (AvgIpc) is 2.58. The van der Waals surface area contributed by atoms with Gasteiger partial charge in [0, 0.05) is 11.8 Å². The first-order valence-electron chi connectivity index (χ1n) is 7.96. The van der Waals surface area contributed by atoms with Crippen molar-refractivity contribution in [2.24, 2.45) is 0 Å². The lowest BCUT2D eigenvalue weighted by Crippen LogP contribution is -2.45. The number of ether oxygens (including phenoxy) is 2. The van der Waals surface area contributed by atoms with Crippen molar-refractivity contribution >= 4 is 23.6 Å². The van der Waals surface area contributed by atoms with Crippen molar-refractivity contribution in [1.29, 1.82) is 0 Å². The SMILES string of the molecule is CCCC(NCC(=O)NC(=O)Nc1ccc2c(c1)OCCO2)C(=O)O. The largest absolute Gasteiger partial charge is 0.486 e. The highest BCUT2D eigenvalue weighted by Crippen LogP contribution is 2.32. The molecule has 0 fully saturated rings. The van der Waals surface area contributed by atoms with E-state index in [1.807, 2.05) is 6.92 Å². The maximum Gasteiger partial charge on any atom is 0.325 e. The third kappa shape index (κ3) is 5.64. The zero-order chi connectivity index (χ0) is 18.2. The average molecular weight is 351 g/mol. The van der Waals surface area contributed by atoms with Crippen LogP contribution < -0.4 is 25.4 Å². The molecule has 1 aromatic carbocycles. The molecule has 1 aliphatic rings. The highest BCUT2D eigenvalue weighted by Gasteiger charge is 2.18. The van der Waals surface area contributed by atoms with Crippen LogP contribution in [-0.4, -0.2) is 48.8 Å². The summed E-state index contributed by atoms with van der Waals surface area (Å²) < 4.78 is 10.8. The van der Waals surface area contributed by atoms with Gasteiger partial charge in [-0.3, -0.25) is 20.2 Å². The minimum Gasteiger partial charge on any atom is -0.486 e. The number of imide groups is 1. The number of nitrogens with one attached hydrogen (secondary N) is 3. The molecule has 0 bridgehead atoms. The Morgan fingerprint density at radius 1 is 1.20 bits per heavy atom. The monoisotopic (exact) mass is 351 g/mol. The molecule has 0 saturated carbocycles. The van der Waals surface area contributed by atoms with Crippen molar-refractivity contribution in [3.8, 4) is 11.5 Å². The van der Waals surface area contributed by atoms with Crippen molar-refractivity contribution in [2.45, 2.75) is 25.8 Å². The standard InChI is InChI=1S/C16H21N3O6/c1-2-3-11(15(21)22)17-9-14(20)19-16(23)18-10-4-5-12-13(8-10)25-7-6-24-12/h4-5,8,11,17H,2-3,6-7,9H2,1H3,(H,21,22)(H2,18,19,20,23). The van der Waals surface area contributed by atoms with Crippen LogP contribution in [0.4, 0.5) is 10.5 Å². The number of urea groups is 1. The predicted molar refractivity (Wildman–Crippen MR) is 88.9 cm³/mol. The molecular formula is C16H21N3O6. The van der Waals surface area contributed by atoms with Gasteiger partial charge in [-0.1, -0.05) is 13.3 Å². The molecule has 1 aliphatic heterocycles. The summed E-state index contributed by atoms with van der Waals surface area (Å²) in [5.41, 5.74) is 0.442. The smallest absolute Gasteiger partial charge is 0.325 e. The Morgan fingerprint density at radius 3 is 2.60 bits per heavy atom. The van der Waals surface area contributed by atoms with Crippen LogP contribution in [0.1, 0.15) is 19.8 Å². The number of amides is 3. The first-order chi connectivity index (χ1) is 12.0. The molecule has 1 unspecified atom stereocenters. The van der Waals surface area contributed by atoms with Gasteiger partial charge in [0.1, 0.15) is 19.3 Å². The van der Waals surface area contributed by atoms with E-state index >= 15 is 0 Å². The first-order valence-corrected chi connectivity index (χ1v) is 7.96. The highest BCUT2D eigenvalue weighted by molar-refractivity contribution is 6.02. The lowest BCUT2D eigenvalue weighted by molar-refractivity contribution is -0.139. The first kappa shape index (κ1) is 18.5. The summed E-state index contributed by atoms with van der Waals surface area (Å²) in [5.74, 6) is -0.554. The topological polar surface area (TPSA) is 126 Å². The zero-order valence-electron chi connectivity index (χ0n) is 13.8. The van der Waals surface area contributed by atoms with Crippen molar-refractivity contribution < 1.29 is 29.0 Å². The third-order valence-corrected chi connectivity index (χ3v) is 3.44. The van der Waals surface area contributed by atoms with Gasteiger partial charge in [0.15, 0.2) is 11.5 Å². The van der Waals surface area contributed by atoms with E-state index in [2.05, 4.69) is 16.0 Å². The van der Waals surface area contributed by atoms with Gasteiger partial charge in [0.2, 0.25) is 5.91 Å². The number of rotatable bonds is 7. The van der Waals surface area contributed by atoms with Crippen LogP contribution in [0.2, 0.25) is 0 Å². The second-order valence-corrected chi connectivity index (χ2v) is 5.42. The summed E-state index contributed by atoms with van der Waals surface area (Å²) >= 11 is 0. The fourth-order valence-electron chi connectivity index (χ4n) is 2.27. The van der Waals surface area contributed by atoms with E-state index in [-0.39, 0.29) is 6.54 Å².